The molecule has 0 spiro atoms. The molecule has 4 aromatic heterocycles. The Hall–Kier alpha value is -3.51. The van der Waals surface area contributed by atoms with Crippen LogP contribution in [0, 0.1) is 0 Å². The summed E-state index contributed by atoms with van der Waals surface area (Å²) in [6.45, 7) is 0.406. The molecule has 1 aromatic carbocycles. The van der Waals surface area contributed by atoms with Crippen LogP contribution in [0.5, 0.6) is 0 Å². The molecule has 0 amide bonds. The SMILES string of the molecule is O=c1c2cnc3c(-c4ccc(Cl)cc4)cnn3c2ccn1Cc1ccccn1. The summed E-state index contributed by atoms with van der Waals surface area (Å²) in [4.78, 5) is 21.7. The zero-order chi connectivity index (χ0) is 19.1. The normalized spacial score (nSPS) is 11.3. The van der Waals surface area contributed by atoms with Crippen molar-refractivity contribution in [2.75, 3.05) is 0 Å². The average molecular weight is 388 g/mol. The standard InChI is InChI=1S/C21H14ClN5O/c22-15-6-4-14(5-7-15)17-12-25-27-19-8-10-26(13-16-3-1-2-9-23-16)21(28)18(19)11-24-20(17)27/h1-12H,13H2. The molecule has 0 N–H and O–H groups in total. The van der Waals surface area contributed by atoms with Crippen LogP contribution in [-0.2, 0) is 6.54 Å². The van der Waals surface area contributed by atoms with E-state index in [-0.39, 0.29) is 5.56 Å². The second kappa shape index (κ2) is 6.58. The van der Waals surface area contributed by atoms with Crippen molar-refractivity contribution in [2.45, 2.75) is 6.54 Å². The minimum absolute atomic E-state index is 0.124. The molecule has 28 heavy (non-hydrogen) atoms. The number of halogens is 1. The van der Waals surface area contributed by atoms with Gasteiger partial charge in [-0.2, -0.15) is 5.10 Å². The summed E-state index contributed by atoms with van der Waals surface area (Å²) in [5, 5.41) is 5.65. The number of pyridine rings is 2. The monoisotopic (exact) mass is 387 g/mol. The lowest BCUT2D eigenvalue weighted by molar-refractivity contribution is 0.745. The lowest BCUT2D eigenvalue weighted by Crippen LogP contribution is -2.21. The molecule has 0 saturated carbocycles. The molecule has 0 bridgehead atoms. The molecule has 5 rings (SSSR count). The maximum atomic E-state index is 12.9. The van der Waals surface area contributed by atoms with E-state index >= 15 is 0 Å². The van der Waals surface area contributed by atoms with E-state index in [1.165, 1.54) is 0 Å². The van der Waals surface area contributed by atoms with Crippen molar-refractivity contribution >= 4 is 28.2 Å². The Morgan fingerprint density at radius 1 is 0.964 bits per heavy atom. The molecule has 0 fully saturated rings. The molecule has 136 valence electrons. The van der Waals surface area contributed by atoms with E-state index in [1.807, 2.05) is 48.5 Å². The number of benzene rings is 1. The van der Waals surface area contributed by atoms with Crippen molar-refractivity contribution in [3.63, 3.8) is 0 Å². The van der Waals surface area contributed by atoms with Crippen LogP contribution in [0.15, 0.2) is 78.1 Å². The van der Waals surface area contributed by atoms with Crippen LogP contribution in [0.25, 0.3) is 27.7 Å². The van der Waals surface area contributed by atoms with Crippen LogP contribution in [0.1, 0.15) is 5.69 Å². The predicted octanol–water partition coefficient (Wildman–Crippen LogP) is 3.81. The molecular weight excluding hydrogens is 374 g/mol. The van der Waals surface area contributed by atoms with Crippen molar-refractivity contribution in [1.82, 2.24) is 24.1 Å². The third kappa shape index (κ3) is 2.75. The number of fused-ring (bicyclic) bond motifs is 3. The van der Waals surface area contributed by atoms with Crippen molar-refractivity contribution in [3.8, 4) is 11.1 Å². The molecule has 0 aliphatic rings. The van der Waals surface area contributed by atoms with Crippen molar-refractivity contribution in [3.05, 3.63) is 94.4 Å². The number of aromatic nitrogens is 5. The van der Waals surface area contributed by atoms with Gasteiger partial charge < -0.3 is 4.57 Å². The third-order valence-corrected chi connectivity index (χ3v) is 4.93. The molecule has 5 aromatic rings. The first-order chi connectivity index (χ1) is 13.7. The minimum atomic E-state index is -0.124. The summed E-state index contributed by atoms with van der Waals surface area (Å²) < 4.78 is 3.33. The van der Waals surface area contributed by atoms with Gasteiger partial charge in [0, 0.05) is 29.2 Å². The fraction of sp³-hybridized carbons (Fsp3) is 0.0476. The first-order valence-corrected chi connectivity index (χ1v) is 9.10. The molecule has 0 saturated heterocycles. The van der Waals surface area contributed by atoms with Crippen LogP contribution >= 0.6 is 11.6 Å². The molecule has 4 heterocycles. The third-order valence-electron chi connectivity index (χ3n) is 4.68. The van der Waals surface area contributed by atoms with Crippen molar-refractivity contribution in [1.29, 1.82) is 0 Å². The zero-order valence-electron chi connectivity index (χ0n) is 14.7. The Labute approximate surface area is 164 Å². The molecule has 7 heteroatoms. The highest BCUT2D eigenvalue weighted by Gasteiger charge is 2.13. The summed E-state index contributed by atoms with van der Waals surface area (Å²) >= 11 is 5.98. The van der Waals surface area contributed by atoms with Gasteiger partial charge in [-0.3, -0.25) is 9.78 Å². The van der Waals surface area contributed by atoms with E-state index in [9.17, 15) is 4.79 Å². The first-order valence-electron chi connectivity index (χ1n) is 8.72. The van der Waals surface area contributed by atoms with E-state index in [4.69, 9.17) is 11.6 Å². The lowest BCUT2D eigenvalue weighted by Gasteiger charge is -2.08. The van der Waals surface area contributed by atoms with E-state index < -0.39 is 0 Å². The lowest BCUT2D eigenvalue weighted by atomic mass is 10.1. The summed E-state index contributed by atoms with van der Waals surface area (Å²) in [6, 6.07) is 15.0. The highest BCUT2D eigenvalue weighted by atomic mass is 35.5. The summed E-state index contributed by atoms with van der Waals surface area (Å²) in [5.74, 6) is 0. The van der Waals surface area contributed by atoms with Gasteiger partial charge in [0.15, 0.2) is 5.65 Å². The Morgan fingerprint density at radius 3 is 2.61 bits per heavy atom. The van der Waals surface area contributed by atoms with E-state index in [1.54, 1.807) is 33.9 Å². The topological polar surface area (TPSA) is 65.1 Å². The highest BCUT2D eigenvalue weighted by Crippen LogP contribution is 2.26. The number of hydrogen-bond acceptors (Lipinski definition) is 4. The highest BCUT2D eigenvalue weighted by molar-refractivity contribution is 6.30. The Kier molecular flexibility index (Phi) is 3.91. The van der Waals surface area contributed by atoms with E-state index in [2.05, 4.69) is 15.1 Å². The van der Waals surface area contributed by atoms with Gasteiger partial charge in [0.25, 0.3) is 5.56 Å². The zero-order valence-corrected chi connectivity index (χ0v) is 15.4. The smallest absolute Gasteiger partial charge is 0.261 e. The first kappa shape index (κ1) is 16.6. The molecular formula is C21H14ClN5O. The second-order valence-electron chi connectivity index (χ2n) is 6.43. The largest absolute Gasteiger partial charge is 0.309 e. The number of rotatable bonds is 3. The van der Waals surface area contributed by atoms with Crippen molar-refractivity contribution in [2.24, 2.45) is 0 Å². The molecule has 0 unspecified atom stereocenters. The maximum absolute atomic E-state index is 12.9. The quantitative estimate of drug-likeness (QED) is 0.472. The fourth-order valence-corrected chi connectivity index (χ4v) is 3.41. The molecule has 6 nitrogen and oxygen atoms in total. The summed E-state index contributed by atoms with van der Waals surface area (Å²) in [5.41, 5.74) is 3.96. The average Bonchev–Trinajstić information content (AvgIpc) is 3.16. The van der Waals surface area contributed by atoms with Crippen LogP contribution in [0.2, 0.25) is 5.02 Å². The Morgan fingerprint density at radius 2 is 1.82 bits per heavy atom. The van der Waals surface area contributed by atoms with Gasteiger partial charge in [0.1, 0.15) is 0 Å². The van der Waals surface area contributed by atoms with Crippen LogP contribution in [-0.4, -0.2) is 24.1 Å². The van der Waals surface area contributed by atoms with Gasteiger partial charge in [-0.1, -0.05) is 29.8 Å². The van der Waals surface area contributed by atoms with E-state index in [0.717, 1.165) is 16.8 Å². The van der Waals surface area contributed by atoms with Crippen LogP contribution in [0.4, 0.5) is 0 Å². The fourth-order valence-electron chi connectivity index (χ4n) is 3.28. The number of hydrogen-bond donors (Lipinski definition) is 0. The molecule has 0 radical (unpaired) electrons. The second-order valence-corrected chi connectivity index (χ2v) is 6.86. The maximum Gasteiger partial charge on any atom is 0.261 e. The molecule has 0 aliphatic heterocycles. The van der Waals surface area contributed by atoms with Gasteiger partial charge in [0.2, 0.25) is 0 Å². The number of nitrogens with zero attached hydrogens (tertiary/aromatic N) is 5. The minimum Gasteiger partial charge on any atom is -0.309 e. The van der Waals surface area contributed by atoms with Gasteiger partial charge in [-0.15, -0.1) is 0 Å². The van der Waals surface area contributed by atoms with E-state index in [0.29, 0.717) is 28.1 Å². The van der Waals surface area contributed by atoms with Gasteiger partial charge in [-0.05, 0) is 35.9 Å². The molecule has 0 aliphatic carbocycles. The Balaban J connectivity index is 1.64. The Bertz CT molecular complexity index is 1360. The van der Waals surface area contributed by atoms with Crippen molar-refractivity contribution < 1.29 is 0 Å². The van der Waals surface area contributed by atoms with Crippen LogP contribution < -0.4 is 5.56 Å². The summed E-state index contributed by atoms with van der Waals surface area (Å²) in [7, 11) is 0. The molecule has 0 atom stereocenters. The van der Waals surface area contributed by atoms with Gasteiger partial charge in [0.05, 0.1) is 29.3 Å². The van der Waals surface area contributed by atoms with Crippen LogP contribution in [0.3, 0.4) is 0 Å². The van der Waals surface area contributed by atoms with Gasteiger partial charge >= 0.3 is 0 Å². The summed E-state index contributed by atoms with van der Waals surface area (Å²) in [6.07, 6.45) is 6.85. The van der Waals surface area contributed by atoms with Gasteiger partial charge in [-0.25, -0.2) is 9.50 Å². The predicted molar refractivity (Wildman–Crippen MR) is 109 cm³/mol.